The third kappa shape index (κ3) is 3.12. The zero-order valence-corrected chi connectivity index (χ0v) is 12.2. The zero-order chi connectivity index (χ0) is 14.8. The van der Waals surface area contributed by atoms with Gasteiger partial charge in [0, 0.05) is 25.5 Å². The normalized spacial score (nSPS) is 22.5. The van der Waals surface area contributed by atoms with Gasteiger partial charge in [0.05, 0.1) is 18.8 Å². The van der Waals surface area contributed by atoms with Gasteiger partial charge in [-0.3, -0.25) is 4.57 Å². The molecule has 3 rings (SSSR count). The minimum atomic E-state index is -0.263. The zero-order valence-electron chi connectivity index (χ0n) is 11.4. The van der Waals surface area contributed by atoms with Crippen LogP contribution < -0.4 is 4.90 Å². The van der Waals surface area contributed by atoms with E-state index in [2.05, 4.69) is 19.9 Å². The lowest BCUT2D eigenvalue weighted by atomic mass is 10.2. The number of morpholine rings is 1. The SMILES string of the molecule is CC1CN(c2nc(Cl)nc(-n3ccnc3)n2)CC(CO)O1. The molecule has 0 bridgehead atoms. The van der Waals surface area contributed by atoms with Crippen LogP contribution in [0.1, 0.15) is 6.92 Å². The molecule has 2 unspecified atom stereocenters. The second kappa shape index (κ2) is 5.92. The highest BCUT2D eigenvalue weighted by atomic mass is 35.5. The van der Waals surface area contributed by atoms with Gasteiger partial charge in [0.1, 0.15) is 6.33 Å². The quantitative estimate of drug-likeness (QED) is 0.872. The molecule has 0 amide bonds. The lowest BCUT2D eigenvalue weighted by Crippen LogP contribution is -2.48. The topological polar surface area (TPSA) is 89.2 Å². The van der Waals surface area contributed by atoms with Crippen LogP contribution in [0.15, 0.2) is 18.7 Å². The minimum Gasteiger partial charge on any atom is -0.394 e. The average Bonchev–Trinajstić information content (AvgIpc) is 3.00. The molecule has 3 heterocycles. The Morgan fingerprint density at radius 1 is 1.33 bits per heavy atom. The van der Waals surface area contributed by atoms with Gasteiger partial charge in [-0.25, -0.2) is 4.98 Å². The van der Waals surface area contributed by atoms with Gasteiger partial charge in [-0.15, -0.1) is 0 Å². The van der Waals surface area contributed by atoms with Gasteiger partial charge in [-0.2, -0.15) is 15.0 Å². The molecule has 0 aromatic carbocycles. The van der Waals surface area contributed by atoms with E-state index in [4.69, 9.17) is 16.3 Å². The van der Waals surface area contributed by atoms with Crippen LogP contribution in [0.2, 0.25) is 5.28 Å². The van der Waals surface area contributed by atoms with E-state index in [1.165, 1.54) is 0 Å². The van der Waals surface area contributed by atoms with E-state index < -0.39 is 0 Å². The Hall–Kier alpha value is -1.77. The summed E-state index contributed by atoms with van der Waals surface area (Å²) in [5.41, 5.74) is 0. The number of hydrogen-bond donors (Lipinski definition) is 1. The van der Waals surface area contributed by atoms with Gasteiger partial charge < -0.3 is 14.7 Å². The highest BCUT2D eigenvalue weighted by molar-refractivity contribution is 6.28. The second-order valence-corrected chi connectivity index (χ2v) is 5.17. The molecule has 0 radical (unpaired) electrons. The van der Waals surface area contributed by atoms with Crippen molar-refractivity contribution in [3.63, 3.8) is 0 Å². The molecule has 1 aliphatic heterocycles. The molecular formula is C12H15ClN6O2. The fourth-order valence-corrected chi connectivity index (χ4v) is 2.42. The third-order valence-corrected chi connectivity index (χ3v) is 3.30. The predicted molar refractivity (Wildman–Crippen MR) is 75.6 cm³/mol. The molecule has 2 atom stereocenters. The molecule has 112 valence electrons. The molecule has 9 heteroatoms. The van der Waals surface area contributed by atoms with Gasteiger partial charge in [0.2, 0.25) is 17.2 Å². The first-order valence-electron chi connectivity index (χ1n) is 6.57. The van der Waals surface area contributed by atoms with Crippen molar-refractivity contribution in [3.05, 3.63) is 24.0 Å². The van der Waals surface area contributed by atoms with Crippen molar-refractivity contribution >= 4 is 17.5 Å². The predicted octanol–water partition coefficient (Wildman–Crippen LogP) is 0.297. The number of imidazole rings is 1. The number of hydrogen-bond acceptors (Lipinski definition) is 7. The van der Waals surface area contributed by atoms with E-state index in [9.17, 15) is 5.11 Å². The van der Waals surface area contributed by atoms with Crippen molar-refractivity contribution < 1.29 is 9.84 Å². The Labute approximate surface area is 126 Å². The highest BCUT2D eigenvalue weighted by Gasteiger charge is 2.27. The molecule has 1 aliphatic rings. The van der Waals surface area contributed by atoms with E-state index in [1.54, 1.807) is 23.3 Å². The van der Waals surface area contributed by atoms with Crippen LogP contribution >= 0.6 is 11.6 Å². The van der Waals surface area contributed by atoms with Crippen molar-refractivity contribution in [2.75, 3.05) is 24.6 Å². The smallest absolute Gasteiger partial charge is 0.241 e. The number of rotatable bonds is 3. The Morgan fingerprint density at radius 3 is 2.86 bits per heavy atom. The summed E-state index contributed by atoms with van der Waals surface area (Å²) in [5, 5.41) is 9.40. The second-order valence-electron chi connectivity index (χ2n) is 4.83. The van der Waals surface area contributed by atoms with E-state index in [0.717, 1.165) is 0 Å². The molecule has 0 aliphatic carbocycles. The van der Waals surface area contributed by atoms with E-state index in [0.29, 0.717) is 25.0 Å². The summed E-state index contributed by atoms with van der Waals surface area (Å²) < 4.78 is 7.27. The maximum atomic E-state index is 9.29. The van der Waals surface area contributed by atoms with Gasteiger partial charge in [0.15, 0.2) is 0 Å². The number of ether oxygens (including phenoxy) is 1. The number of halogens is 1. The van der Waals surface area contributed by atoms with Crippen LogP contribution in [-0.4, -0.2) is 61.5 Å². The summed E-state index contributed by atoms with van der Waals surface area (Å²) in [7, 11) is 0. The summed E-state index contributed by atoms with van der Waals surface area (Å²) in [6.45, 7) is 3.02. The van der Waals surface area contributed by atoms with Crippen molar-refractivity contribution in [1.82, 2.24) is 24.5 Å². The molecule has 8 nitrogen and oxygen atoms in total. The van der Waals surface area contributed by atoms with Crippen molar-refractivity contribution in [2.24, 2.45) is 0 Å². The minimum absolute atomic E-state index is 0.0249. The average molecular weight is 311 g/mol. The van der Waals surface area contributed by atoms with Crippen molar-refractivity contribution in [2.45, 2.75) is 19.1 Å². The summed E-state index contributed by atoms with van der Waals surface area (Å²) in [6.07, 6.45) is 4.67. The van der Waals surface area contributed by atoms with Crippen molar-refractivity contribution in [1.29, 1.82) is 0 Å². The van der Waals surface area contributed by atoms with Gasteiger partial charge >= 0.3 is 0 Å². The first-order valence-corrected chi connectivity index (χ1v) is 6.94. The van der Waals surface area contributed by atoms with Crippen LogP contribution in [0.25, 0.3) is 5.95 Å². The van der Waals surface area contributed by atoms with Gasteiger partial charge in [0.25, 0.3) is 0 Å². The first-order chi connectivity index (χ1) is 10.2. The Bertz CT molecular complexity index is 608. The Balaban J connectivity index is 1.91. The summed E-state index contributed by atoms with van der Waals surface area (Å²) in [4.78, 5) is 18.6. The number of anilines is 1. The molecule has 1 saturated heterocycles. The standard InChI is InChI=1S/C12H15ClN6O2/c1-8-4-19(5-9(6-20)21-8)12-16-10(13)15-11(17-12)18-3-2-14-7-18/h2-3,7-9,20H,4-6H2,1H3. The van der Waals surface area contributed by atoms with Crippen molar-refractivity contribution in [3.8, 4) is 5.95 Å². The Kier molecular flexibility index (Phi) is 4.00. The molecular weight excluding hydrogens is 296 g/mol. The number of aliphatic hydroxyl groups excluding tert-OH is 1. The number of nitrogens with zero attached hydrogens (tertiary/aromatic N) is 6. The number of aliphatic hydroxyl groups is 1. The molecule has 0 saturated carbocycles. The summed E-state index contributed by atoms with van der Waals surface area (Å²) >= 11 is 5.99. The molecule has 2 aromatic rings. The molecule has 0 spiro atoms. The third-order valence-electron chi connectivity index (χ3n) is 3.13. The van der Waals surface area contributed by atoms with Gasteiger partial charge in [-0.1, -0.05) is 0 Å². The largest absolute Gasteiger partial charge is 0.394 e. The molecule has 1 fully saturated rings. The van der Waals surface area contributed by atoms with E-state index in [1.807, 2.05) is 11.8 Å². The van der Waals surface area contributed by atoms with Gasteiger partial charge in [-0.05, 0) is 18.5 Å². The molecule has 2 aromatic heterocycles. The maximum Gasteiger partial charge on any atom is 0.241 e. The van der Waals surface area contributed by atoms with Crippen LogP contribution in [0, 0.1) is 0 Å². The van der Waals surface area contributed by atoms with Crippen LogP contribution in [-0.2, 0) is 4.74 Å². The van der Waals surface area contributed by atoms with Crippen LogP contribution in [0.4, 0.5) is 5.95 Å². The lowest BCUT2D eigenvalue weighted by molar-refractivity contribution is -0.0425. The molecule has 1 N–H and O–H groups in total. The fourth-order valence-electron chi connectivity index (χ4n) is 2.27. The highest BCUT2D eigenvalue weighted by Crippen LogP contribution is 2.19. The monoisotopic (exact) mass is 310 g/mol. The summed E-state index contributed by atoms with van der Waals surface area (Å²) in [5.74, 6) is 0.870. The van der Waals surface area contributed by atoms with E-state index in [-0.39, 0.29) is 24.1 Å². The van der Waals surface area contributed by atoms with E-state index >= 15 is 0 Å². The Morgan fingerprint density at radius 2 is 2.14 bits per heavy atom. The fraction of sp³-hybridized carbons (Fsp3) is 0.500. The lowest BCUT2D eigenvalue weighted by Gasteiger charge is -2.36. The summed E-state index contributed by atoms with van der Waals surface area (Å²) in [6, 6.07) is 0. The van der Waals surface area contributed by atoms with Crippen LogP contribution in [0.5, 0.6) is 0 Å². The maximum absolute atomic E-state index is 9.29. The first kappa shape index (κ1) is 14.2. The number of aromatic nitrogens is 5. The van der Waals surface area contributed by atoms with Crippen LogP contribution in [0.3, 0.4) is 0 Å². The molecule has 21 heavy (non-hydrogen) atoms.